The van der Waals surface area contributed by atoms with Crippen LogP contribution in [-0.4, -0.2) is 30.4 Å². The highest BCUT2D eigenvalue weighted by molar-refractivity contribution is 5.81. The summed E-state index contributed by atoms with van der Waals surface area (Å²) in [5.41, 5.74) is 2.44. The third kappa shape index (κ3) is 4.06. The van der Waals surface area contributed by atoms with Gasteiger partial charge in [-0.3, -0.25) is 4.79 Å². The molecule has 2 rings (SSSR count). The first kappa shape index (κ1) is 14.1. The van der Waals surface area contributed by atoms with Crippen LogP contribution in [0.5, 0.6) is 0 Å². The van der Waals surface area contributed by atoms with Crippen LogP contribution in [0.15, 0.2) is 24.3 Å². The molecule has 104 valence electrons. The molecule has 3 heteroatoms. The van der Waals surface area contributed by atoms with Crippen molar-refractivity contribution in [2.24, 2.45) is 0 Å². The lowest BCUT2D eigenvalue weighted by atomic mass is 10.1. The molecule has 1 unspecified atom stereocenters. The standard InChI is InChI=1S/C16H24N2O/c1-13-7-6-8-14(11-13)12-18(2)16(19)15-9-4-3-5-10-17-15/h6-8,11,15,17H,3-5,9-10,12H2,1-2H3. The van der Waals surface area contributed by atoms with Gasteiger partial charge in [0.1, 0.15) is 0 Å². The topological polar surface area (TPSA) is 32.3 Å². The van der Waals surface area contributed by atoms with E-state index in [0.29, 0.717) is 6.54 Å². The van der Waals surface area contributed by atoms with E-state index in [2.05, 4.69) is 30.4 Å². The summed E-state index contributed by atoms with van der Waals surface area (Å²) in [5, 5.41) is 3.37. The Morgan fingerprint density at radius 3 is 3.00 bits per heavy atom. The van der Waals surface area contributed by atoms with Crippen molar-refractivity contribution in [1.29, 1.82) is 0 Å². The smallest absolute Gasteiger partial charge is 0.239 e. The molecule has 0 spiro atoms. The van der Waals surface area contributed by atoms with E-state index in [4.69, 9.17) is 0 Å². The number of hydrogen-bond donors (Lipinski definition) is 1. The lowest BCUT2D eigenvalue weighted by Crippen LogP contribution is -2.44. The molecule has 0 bridgehead atoms. The molecule has 0 aliphatic carbocycles. The summed E-state index contributed by atoms with van der Waals surface area (Å²) in [7, 11) is 1.90. The number of rotatable bonds is 3. The van der Waals surface area contributed by atoms with Crippen LogP contribution in [-0.2, 0) is 11.3 Å². The molecule has 1 fully saturated rings. The van der Waals surface area contributed by atoms with Crippen LogP contribution >= 0.6 is 0 Å². The van der Waals surface area contributed by atoms with Crippen LogP contribution in [0.1, 0.15) is 36.8 Å². The van der Waals surface area contributed by atoms with E-state index in [9.17, 15) is 4.79 Å². The average molecular weight is 260 g/mol. The van der Waals surface area contributed by atoms with Crippen LogP contribution in [0.2, 0.25) is 0 Å². The van der Waals surface area contributed by atoms with Gasteiger partial charge in [0, 0.05) is 13.6 Å². The minimum atomic E-state index is 0.0114. The lowest BCUT2D eigenvalue weighted by molar-refractivity contribution is -0.132. The van der Waals surface area contributed by atoms with Crippen LogP contribution in [0.3, 0.4) is 0 Å². The summed E-state index contributed by atoms with van der Waals surface area (Å²) < 4.78 is 0. The Bertz CT molecular complexity index is 423. The normalized spacial score (nSPS) is 19.8. The summed E-state index contributed by atoms with van der Waals surface area (Å²) in [6, 6.07) is 8.37. The second kappa shape index (κ2) is 6.71. The van der Waals surface area contributed by atoms with Gasteiger partial charge in [-0.1, -0.05) is 42.7 Å². The van der Waals surface area contributed by atoms with Crippen molar-refractivity contribution in [2.45, 2.75) is 45.2 Å². The molecule has 1 aliphatic heterocycles. The van der Waals surface area contributed by atoms with E-state index in [-0.39, 0.29) is 11.9 Å². The maximum atomic E-state index is 12.4. The van der Waals surface area contributed by atoms with Crippen molar-refractivity contribution in [3.8, 4) is 0 Å². The molecule has 1 aromatic carbocycles. The molecule has 3 nitrogen and oxygen atoms in total. The first-order valence-corrected chi connectivity index (χ1v) is 7.21. The van der Waals surface area contributed by atoms with Gasteiger partial charge in [-0.2, -0.15) is 0 Å². The zero-order chi connectivity index (χ0) is 13.7. The molecule has 0 saturated carbocycles. The fourth-order valence-electron chi connectivity index (χ4n) is 2.67. The molecule has 1 amide bonds. The Kier molecular flexibility index (Phi) is 4.97. The van der Waals surface area contributed by atoms with Gasteiger partial charge >= 0.3 is 0 Å². The van der Waals surface area contributed by atoms with E-state index in [1.54, 1.807) is 0 Å². The van der Waals surface area contributed by atoms with E-state index >= 15 is 0 Å². The van der Waals surface area contributed by atoms with Crippen molar-refractivity contribution in [2.75, 3.05) is 13.6 Å². The third-order valence-electron chi connectivity index (χ3n) is 3.74. The lowest BCUT2D eigenvalue weighted by Gasteiger charge is -2.23. The second-order valence-electron chi connectivity index (χ2n) is 5.54. The van der Waals surface area contributed by atoms with Crippen molar-refractivity contribution < 1.29 is 4.79 Å². The van der Waals surface area contributed by atoms with Crippen molar-refractivity contribution in [1.82, 2.24) is 10.2 Å². The summed E-state index contributed by atoms with van der Waals surface area (Å²) in [6.45, 7) is 3.74. The summed E-state index contributed by atoms with van der Waals surface area (Å²) >= 11 is 0. The Morgan fingerprint density at radius 1 is 1.37 bits per heavy atom. The first-order valence-electron chi connectivity index (χ1n) is 7.21. The van der Waals surface area contributed by atoms with Gasteiger partial charge in [0.25, 0.3) is 0 Å². The number of hydrogen-bond acceptors (Lipinski definition) is 2. The SMILES string of the molecule is Cc1cccc(CN(C)C(=O)C2CCCCCN2)c1. The van der Waals surface area contributed by atoms with Crippen molar-refractivity contribution in [3.05, 3.63) is 35.4 Å². The minimum absolute atomic E-state index is 0.0114. The Morgan fingerprint density at radius 2 is 2.21 bits per heavy atom. The van der Waals surface area contributed by atoms with Gasteiger partial charge in [0.2, 0.25) is 5.91 Å². The Hall–Kier alpha value is -1.35. The molecule has 1 N–H and O–H groups in total. The van der Waals surface area contributed by atoms with E-state index in [1.165, 1.54) is 24.0 Å². The summed E-state index contributed by atoms with van der Waals surface area (Å²) in [6.07, 6.45) is 4.54. The van der Waals surface area contributed by atoms with E-state index in [1.807, 2.05) is 18.0 Å². The van der Waals surface area contributed by atoms with Gasteiger partial charge in [0.05, 0.1) is 6.04 Å². The van der Waals surface area contributed by atoms with Gasteiger partial charge in [-0.05, 0) is 31.9 Å². The van der Waals surface area contributed by atoms with Gasteiger partial charge in [-0.15, -0.1) is 0 Å². The predicted octanol–water partition coefficient (Wildman–Crippen LogP) is 2.49. The summed E-state index contributed by atoms with van der Waals surface area (Å²) in [5.74, 6) is 0.225. The highest BCUT2D eigenvalue weighted by Gasteiger charge is 2.22. The predicted molar refractivity (Wildman–Crippen MR) is 77.9 cm³/mol. The number of likely N-dealkylation sites (N-methyl/N-ethyl adjacent to an activating group) is 1. The highest BCUT2D eigenvalue weighted by Crippen LogP contribution is 2.12. The quantitative estimate of drug-likeness (QED) is 0.905. The van der Waals surface area contributed by atoms with E-state index < -0.39 is 0 Å². The molecule has 0 aromatic heterocycles. The zero-order valence-corrected chi connectivity index (χ0v) is 12.0. The molecule has 1 aliphatic rings. The molecule has 1 aromatic rings. The number of carbonyl (C=O) groups excluding carboxylic acids is 1. The fraction of sp³-hybridized carbons (Fsp3) is 0.562. The minimum Gasteiger partial charge on any atom is -0.340 e. The van der Waals surface area contributed by atoms with Gasteiger partial charge < -0.3 is 10.2 Å². The summed E-state index contributed by atoms with van der Waals surface area (Å²) in [4.78, 5) is 14.2. The zero-order valence-electron chi connectivity index (χ0n) is 12.0. The molecular formula is C16H24N2O. The van der Waals surface area contributed by atoms with Gasteiger partial charge in [0.15, 0.2) is 0 Å². The van der Waals surface area contributed by atoms with Crippen LogP contribution in [0, 0.1) is 6.92 Å². The molecule has 19 heavy (non-hydrogen) atoms. The molecule has 1 saturated heterocycles. The van der Waals surface area contributed by atoms with Gasteiger partial charge in [-0.25, -0.2) is 0 Å². The van der Waals surface area contributed by atoms with Crippen molar-refractivity contribution >= 4 is 5.91 Å². The maximum Gasteiger partial charge on any atom is 0.239 e. The number of aryl methyl sites for hydroxylation is 1. The number of amides is 1. The average Bonchev–Trinajstić information content (AvgIpc) is 2.66. The highest BCUT2D eigenvalue weighted by atomic mass is 16.2. The van der Waals surface area contributed by atoms with E-state index in [0.717, 1.165) is 19.4 Å². The Balaban J connectivity index is 1.94. The molecular weight excluding hydrogens is 236 g/mol. The number of benzene rings is 1. The maximum absolute atomic E-state index is 12.4. The monoisotopic (exact) mass is 260 g/mol. The van der Waals surface area contributed by atoms with Crippen LogP contribution in [0.25, 0.3) is 0 Å². The number of carbonyl (C=O) groups is 1. The number of nitrogens with one attached hydrogen (secondary N) is 1. The third-order valence-corrected chi connectivity index (χ3v) is 3.74. The van der Waals surface area contributed by atoms with Crippen LogP contribution in [0.4, 0.5) is 0 Å². The van der Waals surface area contributed by atoms with Crippen LogP contribution < -0.4 is 5.32 Å². The molecule has 0 radical (unpaired) electrons. The fourth-order valence-corrected chi connectivity index (χ4v) is 2.67. The second-order valence-corrected chi connectivity index (χ2v) is 5.54. The largest absolute Gasteiger partial charge is 0.340 e. The first-order chi connectivity index (χ1) is 9.16. The molecule has 1 heterocycles. The number of nitrogens with zero attached hydrogens (tertiary/aromatic N) is 1. The van der Waals surface area contributed by atoms with Crippen molar-refractivity contribution in [3.63, 3.8) is 0 Å². The molecule has 1 atom stereocenters. The Labute approximate surface area is 116 Å².